The lowest BCUT2D eigenvalue weighted by atomic mass is 10.1. The molecule has 7 nitrogen and oxygen atoms in total. The van der Waals surface area contributed by atoms with Crippen molar-refractivity contribution in [3.63, 3.8) is 0 Å². The monoisotopic (exact) mass is 376 g/mol. The quantitative estimate of drug-likeness (QED) is 0.546. The van der Waals surface area contributed by atoms with Crippen LogP contribution in [0, 0.1) is 0 Å². The number of hydrogen-bond acceptors (Lipinski definition) is 5. The van der Waals surface area contributed by atoms with Crippen molar-refractivity contribution in [3.05, 3.63) is 34.5 Å². The van der Waals surface area contributed by atoms with Crippen molar-refractivity contribution in [2.75, 3.05) is 13.2 Å². The summed E-state index contributed by atoms with van der Waals surface area (Å²) in [5.74, 6) is 1.83. The normalized spacial score (nSPS) is 18.8. The van der Waals surface area contributed by atoms with Gasteiger partial charge in [0.1, 0.15) is 12.2 Å². The van der Waals surface area contributed by atoms with Gasteiger partial charge in [0.25, 0.3) is 0 Å². The zero-order chi connectivity index (χ0) is 18.2. The molecule has 2 N–H and O–H groups in total. The zero-order valence-corrected chi connectivity index (χ0v) is 16.3. The Morgan fingerprint density at radius 2 is 2.46 bits per heavy atom. The first kappa shape index (κ1) is 18.8. The second-order valence-corrected chi connectivity index (χ2v) is 7.48. The van der Waals surface area contributed by atoms with Gasteiger partial charge in [-0.15, -0.1) is 21.5 Å². The van der Waals surface area contributed by atoms with Crippen LogP contribution in [0.15, 0.2) is 28.8 Å². The Hall–Kier alpha value is -1.93. The maximum Gasteiger partial charge on any atom is 0.191 e. The molecule has 1 aliphatic rings. The first-order valence-corrected chi connectivity index (χ1v) is 10.2. The van der Waals surface area contributed by atoms with Crippen LogP contribution >= 0.6 is 11.3 Å². The number of nitrogens with one attached hydrogen (secondary N) is 2. The topological polar surface area (TPSA) is 76.4 Å². The first-order valence-electron chi connectivity index (χ1n) is 9.31. The molecule has 0 aliphatic carbocycles. The number of hydrogen-bond donors (Lipinski definition) is 2. The van der Waals surface area contributed by atoms with Gasteiger partial charge in [0.15, 0.2) is 5.96 Å². The largest absolute Gasteiger partial charge is 0.376 e. The van der Waals surface area contributed by atoms with Gasteiger partial charge in [0, 0.05) is 31.0 Å². The van der Waals surface area contributed by atoms with E-state index in [2.05, 4.69) is 56.8 Å². The minimum atomic E-state index is 0.230. The highest BCUT2D eigenvalue weighted by Crippen LogP contribution is 2.15. The predicted molar refractivity (Wildman–Crippen MR) is 104 cm³/mol. The van der Waals surface area contributed by atoms with Crippen LogP contribution in [0.25, 0.3) is 0 Å². The van der Waals surface area contributed by atoms with Crippen molar-refractivity contribution in [1.82, 2.24) is 25.4 Å². The molecule has 0 amide bonds. The Kier molecular flexibility index (Phi) is 7.02. The van der Waals surface area contributed by atoms with E-state index in [1.54, 1.807) is 17.7 Å². The van der Waals surface area contributed by atoms with Gasteiger partial charge in [0.05, 0.1) is 18.7 Å². The lowest BCUT2D eigenvalue weighted by Crippen LogP contribution is -2.47. The summed E-state index contributed by atoms with van der Waals surface area (Å²) in [5, 5.41) is 17.1. The molecule has 0 radical (unpaired) electrons. The standard InChI is InChI=1S/C18H28N6OS/c1-3-17-23-21-13-24(17)9-8-19-18(20-12-15-6-5-11-26-15)22-14(2)16-7-4-10-25-16/h5-6,11,13-14,16H,3-4,7-10,12H2,1-2H3,(H2,19,20,22). The van der Waals surface area contributed by atoms with Gasteiger partial charge < -0.3 is 19.9 Å². The van der Waals surface area contributed by atoms with Crippen LogP contribution in [-0.4, -0.2) is 46.0 Å². The first-order chi connectivity index (χ1) is 12.8. The Balaban J connectivity index is 1.57. The average molecular weight is 377 g/mol. The molecule has 1 fully saturated rings. The smallest absolute Gasteiger partial charge is 0.191 e. The number of aryl methyl sites for hydroxylation is 1. The van der Waals surface area contributed by atoms with E-state index in [1.807, 2.05) is 0 Å². The van der Waals surface area contributed by atoms with Crippen LogP contribution in [0.3, 0.4) is 0 Å². The number of aromatic nitrogens is 3. The molecule has 0 spiro atoms. The third-order valence-corrected chi connectivity index (χ3v) is 5.38. The van der Waals surface area contributed by atoms with Crippen LogP contribution in [0.2, 0.25) is 0 Å². The molecule has 1 aliphatic heterocycles. The van der Waals surface area contributed by atoms with Crippen molar-refractivity contribution >= 4 is 17.3 Å². The van der Waals surface area contributed by atoms with Gasteiger partial charge in [0.2, 0.25) is 0 Å². The number of thiophene rings is 1. The summed E-state index contributed by atoms with van der Waals surface area (Å²) in [7, 11) is 0. The van der Waals surface area contributed by atoms with Gasteiger partial charge in [-0.05, 0) is 31.2 Å². The molecule has 2 aromatic heterocycles. The number of rotatable bonds is 8. The molecular weight excluding hydrogens is 348 g/mol. The van der Waals surface area contributed by atoms with E-state index in [9.17, 15) is 0 Å². The highest BCUT2D eigenvalue weighted by atomic mass is 32.1. The Labute approximate surface area is 158 Å². The van der Waals surface area contributed by atoms with Gasteiger partial charge in [-0.25, -0.2) is 4.99 Å². The van der Waals surface area contributed by atoms with E-state index < -0.39 is 0 Å². The molecule has 0 aromatic carbocycles. The highest BCUT2D eigenvalue weighted by molar-refractivity contribution is 7.09. The minimum absolute atomic E-state index is 0.230. The van der Waals surface area contributed by atoms with Gasteiger partial charge in [-0.2, -0.15) is 0 Å². The summed E-state index contributed by atoms with van der Waals surface area (Å²) >= 11 is 1.73. The maximum atomic E-state index is 5.80. The van der Waals surface area contributed by atoms with E-state index in [0.717, 1.165) is 50.7 Å². The zero-order valence-electron chi connectivity index (χ0n) is 15.5. The molecule has 142 valence electrons. The van der Waals surface area contributed by atoms with Crippen molar-refractivity contribution in [3.8, 4) is 0 Å². The number of ether oxygens (including phenoxy) is 1. The van der Waals surface area contributed by atoms with Crippen LogP contribution in [0.5, 0.6) is 0 Å². The van der Waals surface area contributed by atoms with Crippen molar-refractivity contribution in [2.45, 2.75) is 58.3 Å². The minimum Gasteiger partial charge on any atom is -0.376 e. The summed E-state index contributed by atoms with van der Waals surface area (Å²) in [6.45, 7) is 7.36. The van der Waals surface area contributed by atoms with Crippen molar-refractivity contribution in [1.29, 1.82) is 0 Å². The Morgan fingerprint density at radius 3 is 3.19 bits per heavy atom. The molecule has 26 heavy (non-hydrogen) atoms. The fraction of sp³-hybridized carbons (Fsp3) is 0.611. The molecule has 0 saturated carbocycles. The lowest BCUT2D eigenvalue weighted by Gasteiger charge is -2.23. The van der Waals surface area contributed by atoms with Crippen LogP contribution < -0.4 is 10.6 Å². The summed E-state index contributed by atoms with van der Waals surface area (Å²) < 4.78 is 7.87. The SMILES string of the molecule is CCc1nncn1CCNC(=NCc1cccs1)NC(C)C1CCCO1. The maximum absolute atomic E-state index is 5.80. The molecule has 3 heterocycles. The molecule has 2 atom stereocenters. The lowest BCUT2D eigenvalue weighted by molar-refractivity contribution is 0.0890. The van der Waals surface area contributed by atoms with E-state index in [-0.39, 0.29) is 12.1 Å². The number of aliphatic imine (C=N–C) groups is 1. The summed E-state index contributed by atoms with van der Waals surface area (Å²) in [4.78, 5) is 6.00. The van der Waals surface area contributed by atoms with E-state index >= 15 is 0 Å². The van der Waals surface area contributed by atoms with Gasteiger partial charge in [-0.3, -0.25) is 0 Å². The van der Waals surface area contributed by atoms with Crippen LogP contribution in [-0.2, 0) is 24.2 Å². The third-order valence-electron chi connectivity index (χ3n) is 4.52. The van der Waals surface area contributed by atoms with Crippen molar-refractivity contribution in [2.24, 2.45) is 4.99 Å². The van der Waals surface area contributed by atoms with Gasteiger partial charge >= 0.3 is 0 Å². The summed E-state index contributed by atoms with van der Waals surface area (Å²) in [6.07, 6.45) is 5.17. The highest BCUT2D eigenvalue weighted by Gasteiger charge is 2.23. The average Bonchev–Trinajstić information content (AvgIpc) is 3.41. The number of nitrogens with zero attached hydrogens (tertiary/aromatic N) is 4. The molecule has 2 aromatic rings. The molecular formula is C18H28N6OS. The fourth-order valence-electron chi connectivity index (χ4n) is 3.05. The number of guanidine groups is 1. The second kappa shape index (κ2) is 9.68. The summed E-state index contributed by atoms with van der Waals surface area (Å²) in [5.41, 5.74) is 0. The van der Waals surface area contributed by atoms with E-state index in [0.29, 0.717) is 6.54 Å². The van der Waals surface area contributed by atoms with Crippen LogP contribution in [0.4, 0.5) is 0 Å². The molecule has 2 unspecified atom stereocenters. The molecule has 0 bridgehead atoms. The van der Waals surface area contributed by atoms with Crippen LogP contribution in [0.1, 0.15) is 37.4 Å². The molecule has 8 heteroatoms. The third kappa shape index (κ3) is 5.28. The van der Waals surface area contributed by atoms with E-state index in [1.165, 1.54) is 4.88 Å². The summed E-state index contributed by atoms with van der Waals surface area (Å²) in [6, 6.07) is 4.40. The fourth-order valence-corrected chi connectivity index (χ4v) is 3.68. The molecule has 1 saturated heterocycles. The Bertz CT molecular complexity index is 678. The second-order valence-electron chi connectivity index (χ2n) is 6.45. The van der Waals surface area contributed by atoms with Crippen molar-refractivity contribution < 1.29 is 4.74 Å². The van der Waals surface area contributed by atoms with E-state index in [4.69, 9.17) is 9.73 Å². The molecule has 3 rings (SSSR count). The Morgan fingerprint density at radius 1 is 1.54 bits per heavy atom. The predicted octanol–water partition coefficient (Wildman–Crippen LogP) is 2.20. The van der Waals surface area contributed by atoms with Gasteiger partial charge in [-0.1, -0.05) is 13.0 Å².